The molecule has 1 saturated heterocycles. The van der Waals surface area contributed by atoms with Crippen molar-refractivity contribution >= 4 is 17.0 Å². The van der Waals surface area contributed by atoms with Crippen molar-refractivity contribution in [3.05, 3.63) is 42.0 Å². The molecule has 2 aromatic heterocycles. The fraction of sp³-hybridized carbons (Fsp3) is 0.522. The smallest absolute Gasteiger partial charge is 0.167 e. The molecule has 0 amide bonds. The highest BCUT2D eigenvalue weighted by Crippen LogP contribution is 2.33. The number of aliphatic hydroxyl groups is 2. The van der Waals surface area contributed by atoms with Gasteiger partial charge in [-0.15, -0.1) is 0 Å². The first-order chi connectivity index (χ1) is 16.2. The maximum Gasteiger partial charge on any atom is 0.167 e. The first-order valence-corrected chi connectivity index (χ1v) is 11.3. The van der Waals surface area contributed by atoms with Crippen molar-refractivity contribution < 1.29 is 24.5 Å². The van der Waals surface area contributed by atoms with Crippen LogP contribution in [-0.4, -0.2) is 67.3 Å². The quantitative estimate of drug-likeness (QED) is 0.395. The van der Waals surface area contributed by atoms with Crippen molar-refractivity contribution in [2.24, 2.45) is 0 Å². The standard InChI is InChI=1S/C23H30N6O5/c1-23(2,3)13-5-4-12-6-14(8-32-15(12)7-13)28-33-9-16-18(30)19(31)22(34-16)29-11-27-17-20(24)25-10-26-21(17)29/h4-5,7,10-11,14,16,18-19,22,28,30-31H,6,8-9H2,1-3H3,(H2,24,25,26)/t14?,16-,18-,19-,22-/m1/s1. The maximum atomic E-state index is 10.6. The van der Waals surface area contributed by atoms with Gasteiger partial charge in [0.2, 0.25) is 0 Å². The second-order valence-corrected chi connectivity index (χ2v) is 9.84. The normalized spacial score (nSPS) is 27.0. The molecule has 1 fully saturated rings. The zero-order valence-electron chi connectivity index (χ0n) is 19.4. The number of imidazole rings is 1. The molecule has 5 rings (SSSR count). The van der Waals surface area contributed by atoms with Gasteiger partial charge in [0.1, 0.15) is 42.5 Å². The van der Waals surface area contributed by atoms with E-state index in [1.165, 1.54) is 22.8 Å². The molecule has 4 heterocycles. The highest BCUT2D eigenvalue weighted by Gasteiger charge is 2.44. The molecule has 11 nitrogen and oxygen atoms in total. The van der Waals surface area contributed by atoms with E-state index in [4.69, 9.17) is 20.0 Å². The van der Waals surface area contributed by atoms with E-state index in [0.717, 1.165) is 17.7 Å². The van der Waals surface area contributed by atoms with Crippen molar-refractivity contribution in [3.63, 3.8) is 0 Å². The Morgan fingerprint density at radius 3 is 2.82 bits per heavy atom. The molecule has 1 aromatic carbocycles. The molecule has 2 aliphatic heterocycles. The number of nitrogens with zero attached hydrogens (tertiary/aromatic N) is 4. The Kier molecular flexibility index (Phi) is 5.90. The molecule has 0 saturated carbocycles. The lowest BCUT2D eigenvalue weighted by atomic mass is 9.85. The van der Waals surface area contributed by atoms with Gasteiger partial charge in [-0.25, -0.2) is 15.0 Å². The van der Waals surface area contributed by atoms with Crippen LogP contribution in [-0.2, 0) is 21.4 Å². The number of nitrogens with one attached hydrogen (secondary N) is 1. The molecule has 0 aliphatic carbocycles. The van der Waals surface area contributed by atoms with Crippen LogP contribution in [0.4, 0.5) is 5.82 Å². The molecule has 0 bridgehead atoms. The van der Waals surface area contributed by atoms with Gasteiger partial charge < -0.3 is 25.4 Å². The van der Waals surface area contributed by atoms with Crippen LogP contribution in [0.5, 0.6) is 5.75 Å². The second kappa shape index (κ2) is 8.75. The predicted octanol–water partition coefficient (Wildman–Crippen LogP) is 0.850. The van der Waals surface area contributed by atoms with Crippen LogP contribution in [0.2, 0.25) is 0 Å². The summed E-state index contributed by atoms with van der Waals surface area (Å²) in [6.45, 7) is 7.02. The van der Waals surface area contributed by atoms with Crippen LogP contribution >= 0.6 is 0 Å². The third kappa shape index (κ3) is 4.21. The van der Waals surface area contributed by atoms with Gasteiger partial charge >= 0.3 is 0 Å². The first-order valence-electron chi connectivity index (χ1n) is 11.3. The van der Waals surface area contributed by atoms with Gasteiger partial charge in [-0.2, -0.15) is 5.48 Å². The van der Waals surface area contributed by atoms with Gasteiger partial charge in [0.15, 0.2) is 17.7 Å². The summed E-state index contributed by atoms with van der Waals surface area (Å²) in [5, 5.41) is 21.1. The van der Waals surface area contributed by atoms with E-state index in [1.54, 1.807) is 0 Å². The second-order valence-electron chi connectivity index (χ2n) is 9.84. The predicted molar refractivity (Wildman–Crippen MR) is 123 cm³/mol. The van der Waals surface area contributed by atoms with Crippen molar-refractivity contribution in [1.82, 2.24) is 25.0 Å². The number of aromatic nitrogens is 4. The molecule has 2 aliphatic rings. The summed E-state index contributed by atoms with van der Waals surface area (Å²) >= 11 is 0. The monoisotopic (exact) mass is 470 g/mol. The van der Waals surface area contributed by atoms with Gasteiger partial charge in [0, 0.05) is 0 Å². The van der Waals surface area contributed by atoms with E-state index >= 15 is 0 Å². The summed E-state index contributed by atoms with van der Waals surface area (Å²) in [5.74, 6) is 1.13. The minimum absolute atomic E-state index is 0.0325. The van der Waals surface area contributed by atoms with Crippen molar-refractivity contribution in [2.45, 2.75) is 63.2 Å². The van der Waals surface area contributed by atoms with Gasteiger partial charge in [0.05, 0.1) is 19.0 Å². The van der Waals surface area contributed by atoms with Crippen LogP contribution in [0.15, 0.2) is 30.9 Å². The summed E-state index contributed by atoms with van der Waals surface area (Å²) in [4.78, 5) is 17.9. The average molecular weight is 471 g/mol. The number of rotatable bonds is 5. The maximum absolute atomic E-state index is 10.6. The van der Waals surface area contributed by atoms with Crippen molar-refractivity contribution in [3.8, 4) is 5.75 Å². The van der Waals surface area contributed by atoms with Crippen LogP contribution in [0.25, 0.3) is 11.2 Å². The summed E-state index contributed by atoms with van der Waals surface area (Å²) in [5.41, 5.74) is 12.1. The van der Waals surface area contributed by atoms with E-state index in [9.17, 15) is 10.2 Å². The Morgan fingerprint density at radius 2 is 2.03 bits per heavy atom. The number of fused-ring (bicyclic) bond motifs is 2. The van der Waals surface area contributed by atoms with Crippen LogP contribution in [0, 0.1) is 0 Å². The number of benzene rings is 1. The largest absolute Gasteiger partial charge is 0.492 e. The topological polar surface area (TPSA) is 150 Å². The Morgan fingerprint density at radius 1 is 1.21 bits per heavy atom. The molecule has 182 valence electrons. The van der Waals surface area contributed by atoms with Crippen molar-refractivity contribution in [2.75, 3.05) is 18.9 Å². The average Bonchev–Trinajstić information content (AvgIpc) is 3.35. The molecule has 11 heteroatoms. The number of ether oxygens (including phenoxy) is 2. The lowest BCUT2D eigenvalue weighted by Crippen LogP contribution is -2.42. The molecule has 0 radical (unpaired) electrons. The number of hydrogen-bond donors (Lipinski definition) is 4. The highest BCUT2D eigenvalue weighted by atomic mass is 16.7. The summed E-state index contributed by atoms with van der Waals surface area (Å²) in [6, 6.07) is 6.29. The summed E-state index contributed by atoms with van der Waals surface area (Å²) in [6.07, 6.45) is -0.459. The van der Waals surface area contributed by atoms with Gasteiger partial charge in [-0.3, -0.25) is 9.40 Å². The molecule has 1 unspecified atom stereocenters. The van der Waals surface area contributed by atoms with Crippen molar-refractivity contribution in [1.29, 1.82) is 0 Å². The number of nitrogen functional groups attached to an aromatic ring is 1. The molecule has 34 heavy (non-hydrogen) atoms. The van der Waals surface area contributed by atoms with E-state index in [0.29, 0.717) is 17.8 Å². The highest BCUT2D eigenvalue weighted by molar-refractivity contribution is 5.81. The minimum atomic E-state index is -1.19. The lowest BCUT2D eigenvalue weighted by molar-refractivity contribution is -0.0955. The zero-order valence-corrected chi connectivity index (χ0v) is 19.4. The number of anilines is 1. The molecule has 5 N–H and O–H groups in total. The third-order valence-corrected chi connectivity index (χ3v) is 6.34. The fourth-order valence-corrected chi connectivity index (χ4v) is 4.32. The van der Waals surface area contributed by atoms with Gasteiger partial charge in [0.25, 0.3) is 0 Å². The molecular formula is C23H30N6O5. The summed E-state index contributed by atoms with van der Waals surface area (Å²) in [7, 11) is 0. The molecule has 0 spiro atoms. The van der Waals surface area contributed by atoms with Crippen LogP contribution < -0.4 is 16.0 Å². The van der Waals surface area contributed by atoms with Crippen LogP contribution in [0.3, 0.4) is 0 Å². The van der Waals surface area contributed by atoms with E-state index < -0.39 is 24.5 Å². The van der Waals surface area contributed by atoms with Crippen LogP contribution in [0.1, 0.15) is 38.1 Å². The Bertz CT molecular complexity index is 1180. The lowest BCUT2D eigenvalue weighted by Gasteiger charge is -2.28. The number of hydroxylamine groups is 1. The third-order valence-electron chi connectivity index (χ3n) is 6.34. The molecular weight excluding hydrogens is 440 g/mol. The number of nitrogens with two attached hydrogens (primary N) is 1. The Balaban J connectivity index is 1.18. The van der Waals surface area contributed by atoms with E-state index in [2.05, 4.69) is 59.4 Å². The SMILES string of the molecule is CC(C)(C)c1ccc2c(c1)OCC(NOC[C@H]1O[C@@H](n3cnc4c(N)ncnc43)[C@H](O)[C@@H]1O)C2. The van der Waals surface area contributed by atoms with Gasteiger partial charge in [-0.1, -0.05) is 32.9 Å². The number of hydrogen-bond acceptors (Lipinski definition) is 10. The van der Waals surface area contributed by atoms with Gasteiger partial charge in [-0.05, 0) is 29.0 Å². The Labute approximate surface area is 196 Å². The molecule has 5 atom stereocenters. The van der Waals surface area contributed by atoms with E-state index in [1.807, 2.05) is 0 Å². The molecule has 3 aromatic rings. The fourth-order valence-electron chi connectivity index (χ4n) is 4.32. The number of aliphatic hydroxyl groups excluding tert-OH is 2. The summed E-state index contributed by atoms with van der Waals surface area (Å²) < 4.78 is 13.4. The first kappa shape index (κ1) is 22.9. The minimum Gasteiger partial charge on any atom is -0.492 e. The van der Waals surface area contributed by atoms with E-state index in [-0.39, 0.29) is 23.9 Å². The Hall–Kier alpha value is -2.83. The zero-order chi connectivity index (χ0) is 24.0.